The van der Waals surface area contributed by atoms with E-state index in [1.807, 2.05) is 65.4 Å². The molecule has 1 unspecified atom stereocenters. The average molecular weight is 514 g/mol. The van der Waals surface area contributed by atoms with Gasteiger partial charge in [-0.1, -0.05) is 74.7 Å². The highest BCUT2D eigenvalue weighted by Crippen LogP contribution is 2.38. The van der Waals surface area contributed by atoms with Crippen LogP contribution >= 0.6 is 0 Å². The molecule has 7 nitrogen and oxygen atoms in total. The molecule has 1 atom stereocenters. The molecular weight excluding hydrogens is 478 g/mol. The van der Waals surface area contributed by atoms with Crippen LogP contribution in [0, 0.1) is 0 Å². The molecule has 38 heavy (non-hydrogen) atoms. The van der Waals surface area contributed by atoms with Gasteiger partial charge >= 0.3 is 0 Å². The Morgan fingerprint density at radius 3 is 2.53 bits per heavy atom. The predicted molar refractivity (Wildman–Crippen MR) is 148 cm³/mol. The van der Waals surface area contributed by atoms with E-state index in [2.05, 4.69) is 11.9 Å². The minimum absolute atomic E-state index is 0.0954. The second-order valence-corrected chi connectivity index (χ2v) is 9.40. The molecule has 0 saturated carbocycles. The predicted octanol–water partition coefficient (Wildman–Crippen LogP) is 5.91. The van der Waals surface area contributed by atoms with Gasteiger partial charge in [-0.15, -0.1) is 0 Å². The van der Waals surface area contributed by atoms with Crippen LogP contribution in [0.25, 0.3) is 6.08 Å². The van der Waals surface area contributed by atoms with Gasteiger partial charge in [0.1, 0.15) is 5.75 Å². The summed E-state index contributed by atoms with van der Waals surface area (Å²) in [4.78, 5) is 32.1. The number of ketones is 1. The number of aliphatic hydroxyl groups excluding tert-OH is 1. The molecule has 1 amide bonds. The zero-order valence-electron chi connectivity index (χ0n) is 21.8. The zero-order valence-corrected chi connectivity index (χ0v) is 21.8. The van der Waals surface area contributed by atoms with E-state index < -0.39 is 23.5 Å². The van der Waals surface area contributed by atoms with E-state index in [1.165, 1.54) is 18.9 Å². The maximum Gasteiger partial charge on any atom is 0.290 e. The van der Waals surface area contributed by atoms with Crippen molar-refractivity contribution in [3.8, 4) is 5.75 Å². The van der Waals surface area contributed by atoms with Crippen molar-refractivity contribution >= 4 is 17.8 Å². The quantitative estimate of drug-likeness (QED) is 0.214. The molecule has 0 spiro atoms. The summed E-state index contributed by atoms with van der Waals surface area (Å²) in [5, 5.41) is 10.8. The van der Waals surface area contributed by atoms with Crippen molar-refractivity contribution < 1.29 is 19.4 Å². The summed E-state index contributed by atoms with van der Waals surface area (Å²) in [5.41, 5.74) is 1.71. The Morgan fingerprint density at radius 2 is 1.82 bits per heavy atom. The first-order valence-electron chi connectivity index (χ1n) is 13.3. The topological polar surface area (TPSA) is 84.7 Å². The second-order valence-electron chi connectivity index (χ2n) is 9.40. The van der Waals surface area contributed by atoms with Gasteiger partial charge in [0, 0.05) is 25.5 Å². The molecule has 0 radical (unpaired) electrons. The Morgan fingerprint density at radius 1 is 1.03 bits per heavy atom. The normalized spacial score (nSPS) is 15.6. The molecule has 198 valence electrons. The van der Waals surface area contributed by atoms with Crippen LogP contribution in [0.15, 0.2) is 90.7 Å². The first-order valence-corrected chi connectivity index (χ1v) is 13.3. The highest BCUT2D eigenvalue weighted by atomic mass is 16.5. The van der Waals surface area contributed by atoms with Crippen molar-refractivity contribution in [1.82, 2.24) is 14.5 Å². The SMILES string of the molecule is CCCCCCOc1ccc(C2C(C(=O)C=Cc3ccccc3)=C(O)C(=O)N2CCCn2ccnc2)cc1. The van der Waals surface area contributed by atoms with Gasteiger partial charge in [0.2, 0.25) is 0 Å². The maximum atomic E-state index is 13.3. The van der Waals surface area contributed by atoms with Crippen molar-refractivity contribution in [2.45, 2.75) is 51.6 Å². The van der Waals surface area contributed by atoms with Crippen LogP contribution in [-0.4, -0.2) is 44.4 Å². The molecule has 7 heteroatoms. The van der Waals surface area contributed by atoms with Crippen LogP contribution in [0.2, 0.25) is 0 Å². The smallest absolute Gasteiger partial charge is 0.290 e. The maximum absolute atomic E-state index is 13.3. The number of amides is 1. The fourth-order valence-electron chi connectivity index (χ4n) is 4.62. The summed E-state index contributed by atoms with van der Waals surface area (Å²) in [6, 6.07) is 16.2. The Bertz CT molecular complexity index is 1250. The van der Waals surface area contributed by atoms with Gasteiger partial charge in [0.25, 0.3) is 5.91 Å². The number of nitrogens with zero attached hydrogens (tertiary/aromatic N) is 3. The van der Waals surface area contributed by atoms with E-state index in [-0.39, 0.29) is 5.57 Å². The molecular formula is C31H35N3O4. The van der Waals surface area contributed by atoms with E-state index >= 15 is 0 Å². The van der Waals surface area contributed by atoms with Gasteiger partial charge < -0.3 is 19.3 Å². The van der Waals surface area contributed by atoms with E-state index in [4.69, 9.17) is 4.74 Å². The molecule has 2 heterocycles. The molecule has 1 aliphatic rings. The third kappa shape index (κ3) is 6.79. The van der Waals surface area contributed by atoms with E-state index in [0.29, 0.717) is 26.1 Å². The first kappa shape index (κ1) is 26.9. The molecule has 1 N–H and O–H groups in total. The van der Waals surface area contributed by atoms with Crippen LogP contribution < -0.4 is 4.74 Å². The average Bonchev–Trinajstić information content (AvgIpc) is 3.55. The van der Waals surface area contributed by atoms with Crippen LogP contribution in [0.5, 0.6) is 5.75 Å². The Kier molecular flexibility index (Phi) is 9.51. The third-order valence-electron chi connectivity index (χ3n) is 6.63. The van der Waals surface area contributed by atoms with Gasteiger partial charge in [-0.05, 0) is 42.2 Å². The van der Waals surface area contributed by atoms with Gasteiger partial charge in [-0.2, -0.15) is 0 Å². The fraction of sp³-hybridized carbons (Fsp3) is 0.323. The van der Waals surface area contributed by atoms with Crippen LogP contribution in [0.1, 0.15) is 56.2 Å². The first-order chi connectivity index (χ1) is 18.6. The number of hydrogen-bond donors (Lipinski definition) is 1. The minimum atomic E-state index is -0.684. The highest BCUT2D eigenvalue weighted by Gasteiger charge is 2.42. The van der Waals surface area contributed by atoms with Gasteiger partial charge in [0.05, 0.1) is 24.5 Å². The van der Waals surface area contributed by atoms with E-state index in [0.717, 1.165) is 29.7 Å². The summed E-state index contributed by atoms with van der Waals surface area (Å²) in [5.74, 6) is -0.672. The molecule has 2 aromatic carbocycles. The summed E-state index contributed by atoms with van der Waals surface area (Å²) in [7, 11) is 0. The zero-order chi connectivity index (χ0) is 26.7. The monoisotopic (exact) mass is 513 g/mol. The van der Waals surface area contributed by atoms with Crippen molar-refractivity contribution in [3.63, 3.8) is 0 Å². The molecule has 0 fully saturated rings. The lowest BCUT2D eigenvalue weighted by Gasteiger charge is -2.27. The van der Waals surface area contributed by atoms with Gasteiger partial charge in [0.15, 0.2) is 11.5 Å². The summed E-state index contributed by atoms with van der Waals surface area (Å²) >= 11 is 0. The lowest BCUT2D eigenvalue weighted by molar-refractivity contribution is -0.129. The van der Waals surface area contributed by atoms with Gasteiger partial charge in [-0.3, -0.25) is 9.59 Å². The Hall–Kier alpha value is -4.13. The number of hydrogen-bond acceptors (Lipinski definition) is 5. The van der Waals surface area contributed by atoms with Crippen molar-refractivity contribution in [1.29, 1.82) is 0 Å². The summed E-state index contributed by atoms with van der Waals surface area (Å²) < 4.78 is 7.81. The van der Waals surface area contributed by atoms with Gasteiger partial charge in [-0.25, -0.2) is 4.98 Å². The number of aromatic nitrogens is 2. The number of carbonyl (C=O) groups excluding carboxylic acids is 2. The second kappa shape index (κ2) is 13.4. The number of ether oxygens (including phenoxy) is 1. The number of rotatable bonds is 14. The number of carbonyl (C=O) groups is 2. The van der Waals surface area contributed by atoms with Crippen molar-refractivity contribution in [3.05, 3.63) is 102 Å². The molecule has 1 aromatic heterocycles. The van der Waals surface area contributed by atoms with Crippen molar-refractivity contribution in [2.24, 2.45) is 0 Å². The third-order valence-corrected chi connectivity index (χ3v) is 6.63. The van der Waals surface area contributed by atoms with Crippen LogP contribution in [-0.2, 0) is 16.1 Å². The highest BCUT2D eigenvalue weighted by molar-refractivity contribution is 6.14. The summed E-state index contributed by atoms with van der Waals surface area (Å²) in [6.45, 7) is 3.87. The lowest BCUT2D eigenvalue weighted by atomic mass is 9.95. The molecule has 0 aliphatic carbocycles. The minimum Gasteiger partial charge on any atom is -0.503 e. The number of aliphatic hydroxyl groups is 1. The lowest BCUT2D eigenvalue weighted by Crippen LogP contribution is -2.32. The van der Waals surface area contributed by atoms with E-state index in [9.17, 15) is 14.7 Å². The van der Waals surface area contributed by atoms with Crippen molar-refractivity contribution in [2.75, 3.05) is 13.2 Å². The number of benzene rings is 2. The summed E-state index contributed by atoms with van der Waals surface area (Å²) in [6.07, 6.45) is 13.6. The number of imidazole rings is 1. The van der Waals surface area contributed by atoms with E-state index in [1.54, 1.807) is 23.5 Å². The largest absolute Gasteiger partial charge is 0.503 e. The molecule has 3 aromatic rings. The molecule has 0 bridgehead atoms. The Balaban J connectivity index is 1.54. The number of aryl methyl sites for hydroxylation is 1. The number of unbranched alkanes of at least 4 members (excludes halogenated alkanes) is 3. The molecule has 4 rings (SSSR count). The molecule has 1 aliphatic heterocycles. The van der Waals surface area contributed by atoms with Crippen LogP contribution in [0.3, 0.4) is 0 Å². The van der Waals surface area contributed by atoms with Crippen LogP contribution in [0.4, 0.5) is 0 Å². The fourth-order valence-corrected chi connectivity index (χ4v) is 4.62. The molecule has 0 saturated heterocycles. The Labute approximate surface area is 224 Å². The number of allylic oxidation sites excluding steroid dienone is 1. The standard InChI is InChI=1S/C31H35N3O4/c1-2-3-4-8-22-38-26-15-13-25(14-16-26)29-28(27(35)17-12-24-10-6-5-7-11-24)30(36)31(37)34(29)20-9-19-33-21-18-32-23-33/h5-7,10-18,21,23,29,36H,2-4,8-9,19-20,22H2,1H3.